The van der Waals surface area contributed by atoms with E-state index in [1.54, 1.807) is 31.4 Å². The van der Waals surface area contributed by atoms with Gasteiger partial charge in [-0.15, -0.1) is 0 Å². The molecule has 0 amide bonds. The lowest BCUT2D eigenvalue weighted by Crippen LogP contribution is -2.38. The van der Waals surface area contributed by atoms with Gasteiger partial charge >= 0.3 is 0 Å². The van der Waals surface area contributed by atoms with Crippen LogP contribution in [-0.4, -0.2) is 53.6 Å². The van der Waals surface area contributed by atoms with Crippen LogP contribution in [0.5, 0.6) is 11.5 Å². The minimum absolute atomic E-state index is 0.374. The molecule has 1 aliphatic rings. The fourth-order valence-electron chi connectivity index (χ4n) is 1.81. The maximum absolute atomic E-state index is 9.79. The summed E-state index contributed by atoms with van der Waals surface area (Å²) in [5.74, 6) is 1.15. The van der Waals surface area contributed by atoms with E-state index in [4.69, 9.17) is 19.3 Å². The van der Waals surface area contributed by atoms with Gasteiger partial charge in [0.15, 0.2) is 12.4 Å². The molecule has 0 radical (unpaired) electrons. The Hall–Kier alpha value is -1.34. The second kappa shape index (κ2) is 5.53. The Bertz CT molecular complexity index is 379. The fourth-order valence-corrected chi connectivity index (χ4v) is 1.81. The SMILES string of the molecule is COc1ccc(O[C@@H]2[C@H](O)[C@@H](CO)O[C@H]2O)cc1. The summed E-state index contributed by atoms with van der Waals surface area (Å²) in [5, 5.41) is 28.3. The van der Waals surface area contributed by atoms with E-state index in [-0.39, 0.29) is 6.61 Å². The van der Waals surface area contributed by atoms with E-state index in [0.29, 0.717) is 11.5 Å². The molecule has 0 spiro atoms. The molecule has 0 saturated carbocycles. The summed E-state index contributed by atoms with van der Waals surface area (Å²) in [5.41, 5.74) is 0. The third-order valence-electron chi connectivity index (χ3n) is 2.82. The molecule has 18 heavy (non-hydrogen) atoms. The van der Waals surface area contributed by atoms with Crippen molar-refractivity contribution in [3.8, 4) is 11.5 Å². The molecule has 4 atom stereocenters. The molecule has 1 aliphatic heterocycles. The number of hydrogen-bond donors (Lipinski definition) is 3. The molecule has 0 aliphatic carbocycles. The first-order valence-corrected chi connectivity index (χ1v) is 5.59. The highest BCUT2D eigenvalue weighted by atomic mass is 16.7. The predicted molar refractivity (Wildman–Crippen MR) is 61.4 cm³/mol. The van der Waals surface area contributed by atoms with Crippen LogP contribution in [0.1, 0.15) is 0 Å². The first kappa shape index (κ1) is 13.1. The van der Waals surface area contributed by atoms with Crippen LogP contribution in [0, 0.1) is 0 Å². The maximum atomic E-state index is 9.79. The lowest BCUT2D eigenvalue weighted by molar-refractivity contribution is -0.128. The Labute approximate surface area is 104 Å². The van der Waals surface area contributed by atoms with Gasteiger partial charge in [-0.25, -0.2) is 0 Å². The van der Waals surface area contributed by atoms with Crippen LogP contribution in [0.25, 0.3) is 0 Å². The van der Waals surface area contributed by atoms with E-state index >= 15 is 0 Å². The van der Waals surface area contributed by atoms with E-state index in [2.05, 4.69) is 0 Å². The minimum Gasteiger partial charge on any atom is -0.497 e. The van der Waals surface area contributed by atoms with Crippen LogP contribution < -0.4 is 9.47 Å². The number of rotatable bonds is 4. The number of aliphatic hydroxyl groups excluding tert-OH is 3. The van der Waals surface area contributed by atoms with Gasteiger partial charge in [-0.1, -0.05) is 0 Å². The van der Waals surface area contributed by atoms with Crippen LogP contribution in [-0.2, 0) is 4.74 Å². The van der Waals surface area contributed by atoms with E-state index in [9.17, 15) is 10.2 Å². The molecule has 0 aromatic heterocycles. The van der Waals surface area contributed by atoms with Gasteiger partial charge in [0, 0.05) is 0 Å². The van der Waals surface area contributed by atoms with Crippen molar-refractivity contribution in [2.45, 2.75) is 24.6 Å². The average Bonchev–Trinajstić information content (AvgIpc) is 2.67. The van der Waals surface area contributed by atoms with Crippen LogP contribution in [0.3, 0.4) is 0 Å². The summed E-state index contributed by atoms with van der Waals surface area (Å²) in [6, 6.07) is 6.72. The Morgan fingerprint density at radius 3 is 2.28 bits per heavy atom. The number of aliphatic hydroxyl groups is 3. The van der Waals surface area contributed by atoms with Gasteiger partial charge in [-0.3, -0.25) is 0 Å². The van der Waals surface area contributed by atoms with Gasteiger partial charge in [0.2, 0.25) is 0 Å². The predicted octanol–water partition coefficient (Wildman–Crippen LogP) is -0.487. The zero-order chi connectivity index (χ0) is 13.1. The summed E-state index contributed by atoms with van der Waals surface area (Å²) in [7, 11) is 1.56. The molecule has 2 rings (SSSR count). The zero-order valence-corrected chi connectivity index (χ0v) is 9.89. The molecule has 3 N–H and O–H groups in total. The molecule has 100 valence electrons. The van der Waals surface area contributed by atoms with Crippen molar-refractivity contribution in [2.24, 2.45) is 0 Å². The molecule has 0 bridgehead atoms. The second-order valence-electron chi connectivity index (χ2n) is 4.00. The molecular formula is C12H16O6. The van der Waals surface area contributed by atoms with Gasteiger partial charge < -0.3 is 29.5 Å². The number of methoxy groups -OCH3 is 1. The van der Waals surface area contributed by atoms with Crippen molar-refractivity contribution in [3.63, 3.8) is 0 Å². The van der Waals surface area contributed by atoms with Gasteiger partial charge in [-0.05, 0) is 24.3 Å². The van der Waals surface area contributed by atoms with E-state index in [1.165, 1.54) is 0 Å². The summed E-state index contributed by atoms with van der Waals surface area (Å²) >= 11 is 0. The van der Waals surface area contributed by atoms with Crippen LogP contribution in [0.2, 0.25) is 0 Å². The third-order valence-corrected chi connectivity index (χ3v) is 2.82. The zero-order valence-electron chi connectivity index (χ0n) is 9.89. The summed E-state index contributed by atoms with van der Waals surface area (Å²) in [4.78, 5) is 0. The van der Waals surface area contributed by atoms with Gasteiger partial charge in [0.1, 0.15) is 23.7 Å². The molecule has 1 aromatic carbocycles. The molecular weight excluding hydrogens is 240 g/mol. The molecule has 1 aromatic rings. The lowest BCUT2D eigenvalue weighted by Gasteiger charge is -2.19. The quantitative estimate of drug-likeness (QED) is 0.674. The molecule has 6 heteroatoms. The topological polar surface area (TPSA) is 88.4 Å². The number of benzene rings is 1. The molecule has 6 nitrogen and oxygen atoms in total. The minimum atomic E-state index is -1.26. The van der Waals surface area contributed by atoms with Crippen molar-refractivity contribution < 1.29 is 29.5 Å². The summed E-state index contributed by atoms with van der Waals surface area (Å²) in [6.45, 7) is -0.374. The normalized spacial score (nSPS) is 31.3. The standard InChI is InChI=1S/C12H16O6/c1-16-7-2-4-8(5-3-7)17-11-10(14)9(6-13)18-12(11)15/h2-5,9-15H,6H2,1H3/t9-,10-,11-,12-/m1/s1. The van der Waals surface area contributed by atoms with Crippen LogP contribution >= 0.6 is 0 Å². The Balaban J connectivity index is 2.04. The van der Waals surface area contributed by atoms with Crippen molar-refractivity contribution in [2.75, 3.05) is 13.7 Å². The van der Waals surface area contributed by atoms with Gasteiger partial charge in [0.25, 0.3) is 0 Å². The van der Waals surface area contributed by atoms with E-state index < -0.39 is 24.6 Å². The lowest BCUT2D eigenvalue weighted by atomic mass is 10.1. The number of ether oxygens (including phenoxy) is 3. The summed E-state index contributed by atoms with van der Waals surface area (Å²) < 4.78 is 15.4. The highest BCUT2D eigenvalue weighted by Crippen LogP contribution is 2.25. The Morgan fingerprint density at radius 2 is 1.78 bits per heavy atom. The highest BCUT2D eigenvalue weighted by molar-refractivity contribution is 5.31. The average molecular weight is 256 g/mol. The Kier molecular flexibility index (Phi) is 4.03. The summed E-state index contributed by atoms with van der Waals surface area (Å²) in [6.07, 6.45) is -4.09. The Morgan fingerprint density at radius 1 is 1.17 bits per heavy atom. The van der Waals surface area contributed by atoms with Crippen molar-refractivity contribution in [1.29, 1.82) is 0 Å². The van der Waals surface area contributed by atoms with Crippen molar-refractivity contribution in [1.82, 2.24) is 0 Å². The third kappa shape index (κ3) is 2.56. The smallest absolute Gasteiger partial charge is 0.195 e. The van der Waals surface area contributed by atoms with Crippen LogP contribution in [0.4, 0.5) is 0 Å². The second-order valence-corrected chi connectivity index (χ2v) is 4.00. The van der Waals surface area contributed by atoms with E-state index in [1.807, 2.05) is 0 Å². The number of hydrogen-bond acceptors (Lipinski definition) is 6. The molecule has 1 heterocycles. The molecule has 1 saturated heterocycles. The highest BCUT2D eigenvalue weighted by Gasteiger charge is 2.44. The fraction of sp³-hybridized carbons (Fsp3) is 0.500. The van der Waals surface area contributed by atoms with Gasteiger partial charge in [0.05, 0.1) is 13.7 Å². The molecule has 1 fully saturated rings. The first-order chi connectivity index (χ1) is 8.65. The van der Waals surface area contributed by atoms with E-state index in [0.717, 1.165) is 0 Å². The largest absolute Gasteiger partial charge is 0.497 e. The first-order valence-electron chi connectivity index (χ1n) is 5.59. The van der Waals surface area contributed by atoms with Gasteiger partial charge in [-0.2, -0.15) is 0 Å². The van der Waals surface area contributed by atoms with Crippen molar-refractivity contribution in [3.05, 3.63) is 24.3 Å². The monoisotopic (exact) mass is 256 g/mol. The maximum Gasteiger partial charge on any atom is 0.195 e. The molecule has 0 unspecified atom stereocenters. The van der Waals surface area contributed by atoms with Crippen molar-refractivity contribution >= 4 is 0 Å². The van der Waals surface area contributed by atoms with Crippen LogP contribution in [0.15, 0.2) is 24.3 Å².